The first-order valence-electron chi connectivity index (χ1n) is 3.82. The Morgan fingerprint density at radius 2 is 2.27 bits per heavy atom. The fraction of sp³-hybridized carbons (Fsp3) is 0. The average Bonchev–Trinajstić information content (AvgIpc) is 2.72. The van der Waals surface area contributed by atoms with Gasteiger partial charge < -0.3 is 0 Å². The number of rotatable bonds is 2. The number of amides is 1. The van der Waals surface area contributed by atoms with E-state index in [1.807, 2.05) is 0 Å². The van der Waals surface area contributed by atoms with Crippen LogP contribution in [0.3, 0.4) is 0 Å². The number of nitrogens with zero attached hydrogens (tertiary/aromatic N) is 4. The first-order valence-corrected chi connectivity index (χ1v) is 3.82. The van der Waals surface area contributed by atoms with E-state index in [1.54, 1.807) is 18.2 Å². The minimum atomic E-state index is -0.369. The van der Waals surface area contributed by atoms with Gasteiger partial charge in [0.25, 0.3) is 11.9 Å². The number of anilines is 1. The van der Waals surface area contributed by atoms with Crippen molar-refractivity contribution >= 4 is 41.4 Å². The molecule has 0 saturated carbocycles. The van der Waals surface area contributed by atoms with E-state index in [0.717, 1.165) is 0 Å². The maximum absolute atomic E-state index is 11.4. The molecule has 0 atom stereocenters. The van der Waals surface area contributed by atoms with Gasteiger partial charge in [-0.15, -0.1) is 5.10 Å². The average molecular weight is 213 g/mol. The molecule has 1 radical (unpaired) electrons. The van der Waals surface area contributed by atoms with Gasteiger partial charge in [-0.1, -0.05) is 11.2 Å². The summed E-state index contributed by atoms with van der Waals surface area (Å²) in [7, 11) is 0. The van der Waals surface area contributed by atoms with Crippen molar-refractivity contribution in [3.63, 3.8) is 0 Å². The summed E-state index contributed by atoms with van der Waals surface area (Å²) in [6.07, 6.45) is 1.53. The number of hydrogen-bond donors (Lipinski definition) is 2. The number of carbonyl (C=O) groups excluding carboxylic acids is 1. The summed E-state index contributed by atoms with van der Waals surface area (Å²) >= 11 is 0. The summed E-state index contributed by atoms with van der Waals surface area (Å²) in [5.41, 5.74) is 0.303. The molecule has 0 aromatic carbocycles. The summed E-state index contributed by atoms with van der Waals surface area (Å²) in [5, 5.41) is 15.1. The third-order valence-electron chi connectivity index (χ3n) is 1.47. The molecule has 2 N–H and O–H groups in total. The Morgan fingerprint density at radius 1 is 1.40 bits per heavy atom. The van der Waals surface area contributed by atoms with Crippen LogP contribution in [0.2, 0.25) is 0 Å². The van der Waals surface area contributed by atoms with Crippen LogP contribution in [-0.2, 0) is 0 Å². The minimum Gasteiger partial charge on any atom is -0.286 e. The second-order valence-electron chi connectivity index (χ2n) is 2.40. The Bertz CT molecular complexity index is 416. The summed E-state index contributed by atoms with van der Waals surface area (Å²) < 4.78 is 0. The van der Waals surface area contributed by atoms with Gasteiger partial charge in [-0.05, 0) is 17.3 Å². The van der Waals surface area contributed by atoms with Gasteiger partial charge in [-0.3, -0.25) is 15.1 Å². The molecule has 2 aromatic rings. The van der Waals surface area contributed by atoms with Crippen molar-refractivity contribution in [3.05, 3.63) is 30.1 Å². The van der Waals surface area contributed by atoms with Crippen LogP contribution in [0.4, 0.5) is 5.95 Å². The minimum absolute atomic E-state index is 0. The zero-order chi connectivity index (χ0) is 9.80. The molecule has 0 aliphatic heterocycles. The number of aromatic amines is 1. The van der Waals surface area contributed by atoms with Crippen LogP contribution in [0, 0.1) is 0 Å². The molecule has 0 unspecified atom stereocenters. The molecule has 71 valence electrons. The number of pyridine rings is 1. The molecule has 2 aromatic heterocycles. The Morgan fingerprint density at radius 3 is 2.87 bits per heavy atom. The summed E-state index contributed by atoms with van der Waals surface area (Å²) in [5.74, 6) is -0.243. The van der Waals surface area contributed by atoms with E-state index in [1.165, 1.54) is 6.20 Å². The summed E-state index contributed by atoms with van der Waals surface area (Å²) in [6.45, 7) is 0. The van der Waals surface area contributed by atoms with E-state index in [9.17, 15) is 4.79 Å². The van der Waals surface area contributed by atoms with Gasteiger partial charge in [0.2, 0.25) is 0 Å². The summed E-state index contributed by atoms with van der Waals surface area (Å²) in [4.78, 5) is 15.3. The van der Waals surface area contributed by atoms with Crippen LogP contribution in [0.15, 0.2) is 24.4 Å². The van der Waals surface area contributed by atoms with E-state index in [4.69, 9.17) is 0 Å². The number of hydrogen-bond acceptors (Lipinski definition) is 5. The number of carbonyl (C=O) groups is 1. The van der Waals surface area contributed by atoms with Crippen molar-refractivity contribution in [2.24, 2.45) is 0 Å². The quantitative estimate of drug-likeness (QED) is 0.653. The zero-order valence-electron chi connectivity index (χ0n) is 8.01. The largest absolute Gasteiger partial charge is 0.286 e. The maximum Gasteiger partial charge on any atom is 0.276 e. The molecule has 2 heterocycles. The van der Waals surface area contributed by atoms with Gasteiger partial charge in [0.05, 0.1) is 0 Å². The Balaban J connectivity index is 0.00000112. The molecule has 0 bridgehead atoms. The molecule has 1 amide bonds. The van der Waals surface area contributed by atoms with Crippen LogP contribution in [-0.4, -0.2) is 61.1 Å². The molecular formula is C7H6N6NaO. The SMILES string of the molecule is O=C(Nc1nn[nH]n1)c1ccccn1.[Na]. The maximum atomic E-state index is 11.4. The van der Waals surface area contributed by atoms with Crippen molar-refractivity contribution < 1.29 is 4.79 Å². The zero-order valence-corrected chi connectivity index (χ0v) is 10.0. The molecular weight excluding hydrogens is 207 g/mol. The molecule has 0 spiro atoms. The van der Waals surface area contributed by atoms with Gasteiger partial charge in [0.15, 0.2) is 0 Å². The van der Waals surface area contributed by atoms with E-state index in [2.05, 4.69) is 30.9 Å². The smallest absolute Gasteiger partial charge is 0.276 e. The number of tetrazole rings is 1. The molecule has 2 rings (SSSR count). The number of aromatic nitrogens is 5. The Labute approximate surface area is 107 Å². The van der Waals surface area contributed by atoms with Crippen molar-refractivity contribution in [1.29, 1.82) is 0 Å². The van der Waals surface area contributed by atoms with E-state index in [-0.39, 0.29) is 41.4 Å². The number of nitrogens with one attached hydrogen (secondary N) is 2. The van der Waals surface area contributed by atoms with Crippen LogP contribution in [0.5, 0.6) is 0 Å². The molecule has 8 heteroatoms. The first-order chi connectivity index (χ1) is 6.86. The topological polar surface area (TPSA) is 96.5 Å². The monoisotopic (exact) mass is 213 g/mol. The van der Waals surface area contributed by atoms with E-state index >= 15 is 0 Å². The van der Waals surface area contributed by atoms with E-state index < -0.39 is 0 Å². The third kappa shape index (κ3) is 3.08. The molecule has 7 nitrogen and oxygen atoms in total. The fourth-order valence-electron chi connectivity index (χ4n) is 0.877. The predicted molar refractivity (Wildman–Crippen MR) is 52.1 cm³/mol. The second kappa shape index (κ2) is 5.54. The second-order valence-corrected chi connectivity index (χ2v) is 2.40. The van der Waals surface area contributed by atoms with Gasteiger partial charge in [-0.2, -0.15) is 5.21 Å². The van der Waals surface area contributed by atoms with Crippen molar-refractivity contribution in [3.8, 4) is 0 Å². The standard InChI is InChI=1S/C7H6N6O.Na/c14-6(5-3-1-2-4-8-5)9-7-10-12-13-11-7;/h1-4H,(H2,9,10,11,12,13,14);. The van der Waals surface area contributed by atoms with Crippen molar-refractivity contribution in [2.45, 2.75) is 0 Å². The van der Waals surface area contributed by atoms with Crippen LogP contribution in [0.1, 0.15) is 10.5 Å². The number of H-pyrrole nitrogens is 1. The Hall–Kier alpha value is -1.31. The predicted octanol–water partition coefficient (Wildman–Crippen LogP) is -0.534. The van der Waals surface area contributed by atoms with Gasteiger partial charge >= 0.3 is 0 Å². The molecule has 0 saturated heterocycles. The van der Waals surface area contributed by atoms with Crippen molar-refractivity contribution in [1.82, 2.24) is 25.6 Å². The van der Waals surface area contributed by atoms with Gasteiger partial charge in [0, 0.05) is 35.8 Å². The van der Waals surface area contributed by atoms with Crippen molar-refractivity contribution in [2.75, 3.05) is 5.32 Å². The van der Waals surface area contributed by atoms with Gasteiger partial charge in [0.1, 0.15) is 5.69 Å². The molecule has 15 heavy (non-hydrogen) atoms. The molecule has 0 aliphatic carbocycles. The van der Waals surface area contributed by atoms with E-state index in [0.29, 0.717) is 5.69 Å². The summed E-state index contributed by atoms with van der Waals surface area (Å²) in [6, 6.07) is 5.04. The van der Waals surface area contributed by atoms with Gasteiger partial charge in [-0.25, -0.2) is 0 Å². The fourth-order valence-corrected chi connectivity index (χ4v) is 0.877. The first kappa shape index (κ1) is 11.8. The molecule has 0 fully saturated rings. The Kier molecular flexibility index (Phi) is 4.35. The normalized spacial score (nSPS) is 9.07. The molecule has 0 aliphatic rings. The van der Waals surface area contributed by atoms with Crippen LogP contribution in [0.25, 0.3) is 0 Å². The van der Waals surface area contributed by atoms with Crippen LogP contribution < -0.4 is 5.32 Å². The third-order valence-corrected chi connectivity index (χ3v) is 1.47. The van der Waals surface area contributed by atoms with Crippen LogP contribution >= 0.6 is 0 Å².